The van der Waals surface area contributed by atoms with Crippen molar-refractivity contribution >= 4 is 28.9 Å². The van der Waals surface area contributed by atoms with E-state index in [9.17, 15) is 19.7 Å². The molecule has 3 rings (SSSR count). The van der Waals surface area contributed by atoms with E-state index in [4.69, 9.17) is 0 Å². The Hall–Kier alpha value is -3.22. The summed E-state index contributed by atoms with van der Waals surface area (Å²) in [6, 6.07) is 11.2. The number of hydrogen-bond donors (Lipinski definition) is 1. The number of nitro groups is 1. The van der Waals surface area contributed by atoms with Gasteiger partial charge in [-0.1, -0.05) is 18.2 Å². The lowest BCUT2D eigenvalue weighted by Crippen LogP contribution is -2.42. The van der Waals surface area contributed by atoms with Crippen molar-refractivity contribution in [3.05, 3.63) is 63.7 Å². The minimum Gasteiger partial charge on any atom is -0.323 e. The van der Waals surface area contributed by atoms with Gasteiger partial charge in [0.1, 0.15) is 6.54 Å². The average molecular weight is 311 g/mol. The number of amides is 2. The van der Waals surface area contributed by atoms with Gasteiger partial charge >= 0.3 is 0 Å². The molecule has 2 aromatic carbocycles. The SMILES string of the molecule is Cc1ccc(C(=O)N2CC(=O)Nc3ccccc32)cc1[N+](=O)[O-]. The Morgan fingerprint density at radius 2 is 2.00 bits per heavy atom. The molecule has 0 unspecified atom stereocenters. The topological polar surface area (TPSA) is 92.6 Å². The summed E-state index contributed by atoms with van der Waals surface area (Å²) in [7, 11) is 0. The highest BCUT2D eigenvalue weighted by atomic mass is 16.6. The molecule has 1 heterocycles. The number of carbonyl (C=O) groups is 2. The van der Waals surface area contributed by atoms with E-state index < -0.39 is 10.8 Å². The number of benzene rings is 2. The third kappa shape index (κ3) is 2.64. The number of hydrogen-bond acceptors (Lipinski definition) is 4. The molecule has 7 heteroatoms. The van der Waals surface area contributed by atoms with Crippen LogP contribution in [0.4, 0.5) is 17.1 Å². The van der Waals surface area contributed by atoms with E-state index in [-0.39, 0.29) is 23.7 Å². The van der Waals surface area contributed by atoms with Crippen LogP contribution in [0.25, 0.3) is 0 Å². The molecule has 23 heavy (non-hydrogen) atoms. The van der Waals surface area contributed by atoms with Crippen molar-refractivity contribution in [2.45, 2.75) is 6.92 Å². The number of nitrogens with one attached hydrogen (secondary N) is 1. The zero-order valence-electron chi connectivity index (χ0n) is 12.3. The molecule has 1 aliphatic rings. The fourth-order valence-corrected chi connectivity index (χ4v) is 2.51. The van der Waals surface area contributed by atoms with E-state index >= 15 is 0 Å². The summed E-state index contributed by atoms with van der Waals surface area (Å²) in [5, 5.41) is 13.7. The smallest absolute Gasteiger partial charge is 0.273 e. The largest absolute Gasteiger partial charge is 0.323 e. The first-order valence-electron chi connectivity index (χ1n) is 6.93. The van der Waals surface area contributed by atoms with Gasteiger partial charge in [-0.3, -0.25) is 24.6 Å². The van der Waals surface area contributed by atoms with Crippen LogP contribution < -0.4 is 10.2 Å². The van der Waals surface area contributed by atoms with Gasteiger partial charge in [0.25, 0.3) is 11.6 Å². The maximum atomic E-state index is 12.7. The van der Waals surface area contributed by atoms with Gasteiger partial charge < -0.3 is 5.32 Å². The maximum Gasteiger partial charge on any atom is 0.273 e. The monoisotopic (exact) mass is 311 g/mol. The number of fused-ring (bicyclic) bond motifs is 1. The Bertz CT molecular complexity index is 832. The Balaban J connectivity index is 2.03. The molecule has 0 radical (unpaired) electrons. The molecule has 0 atom stereocenters. The van der Waals surface area contributed by atoms with Crippen LogP contribution in [0.1, 0.15) is 15.9 Å². The molecule has 7 nitrogen and oxygen atoms in total. The lowest BCUT2D eigenvalue weighted by atomic mass is 10.1. The quantitative estimate of drug-likeness (QED) is 0.681. The van der Waals surface area contributed by atoms with Crippen molar-refractivity contribution in [2.75, 3.05) is 16.8 Å². The molecule has 1 aliphatic heterocycles. The van der Waals surface area contributed by atoms with Gasteiger partial charge in [0.2, 0.25) is 5.91 Å². The molecular weight excluding hydrogens is 298 g/mol. The Labute approximate surface area is 131 Å². The summed E-state index contributed by atoms with van der Waals surface area (Å²) in [5.74, 6) is -0.755. The van der Waals surface area contributed by atoms with Crippen molar-refractivity contribution in [2.24, 2.45) is 0 Å². The summed E-state index contributed by atoms with van der Waals surface area (Å²) in [5.41, 5.74) is 1.64. The zero-order valence-corrected chi connectivity index (χ0v) is 12.3. The molecule has 1 N–H and O–H groups in total. The number of nitrogens with zero attached hydrogens (tertiary/aromatic N) is 2. The van der Waals surface area contributed by atoms with E-state index in [0.29, 0.717) is 16.9 Å². The van der Waals surface area contributed by atoms with Gasteiger partial charge in [0.05, 0.1) is 16.3 Å². The van der Waals surface area contributed by atoms with Gasteiger partial charge in [0.15, 0.2) is 0 Å². The standard InChI is InChI=1S/C16H13N3O4/c1-10-6-7-11(8-14(10)19(22)23)16(21)18-9-15(20)17-12-4-2-3-5-13(12)18/h2-8H,9H2,1H3,(H,17,20). The van der Waals surface area contributed by atoms with Crippen LogP contribution in [0.5, 0.6) is 0 Å². The molecular formula is C16H13N3O4. The van der Waals surface area contributed by atoms with Crippen LogP contribution in [0.3, 0.4) is 0 Å². The van der Waals surface area contributed by atoms with Crippen molar-refractivity contribution in [3.63, 3.8) is 0 Å². The number of carbonyl (C=O) groups excluding carboxylic acids is 2. The lowest BCUT2D eigenvalue weighted by Gasteiger charge is -2.29. The minimum atomic E-state index is -0.525. The zero-order chi connectivity index (χ0) is 16.6. The van der Waals surface area contributed by atoms with Crippen LogP contribution >= 0.6 is 0 Å². The van der Waals surface area contributed by atoms with E-state index in [1.54, 1.807) is 31.2 Å². The molecule has 0 saturated carbocycles. The van der Waals surface area contributed by atoms with Gasteiger partial charge in [-0.2, -0.15) is 0 Å². The summed E-state index contributed by atoms with van der Waals surface area (Å²) in [4.78, 5) is 36.3. The molecule has 0 fully saturated rings. The number of anilines is 2. The Kier molecular flexibility index (Phi) is 3.53. The average Bonchev–Trinajstić information content (AvgIpc) is 2.53. The maximum absolute atomic E-state index is 12.7. The van der Waals surface area contributed by atoms with E-state index in [1.165, 1.54) is 23.1 Å². The van der Waals surface area contributed by atoms with Crippen LogP contribution in [-0.2, 0) is 4.79 Å². The second-order valence-corrected chi connectivity index (χ2v) is 5.21. The van der Waals surface area contributed by atoms with Gasteiger partial charge in [-0.15, -0.1) is 0 Å². The molecule has 0 saturated heterocycles. The fourth-order valence-electron chi connectivity index (χ4n) is 2.51. The van der Waals surface area contributed by atoms with Crippen LogP contribution in [-0.4, -0.2) is 23.3 Å². The van der Waals surface area contributed by atoms with Crippen molar-refractivity contribution in [1.29, 1.82) is 0 Å². The third-order valence-electron chi connectivity index (χ3n) is 3.67. The second-order valence-electron chi connectivity index (χ2n) is 5.21. The van der Waals surface area contributed by atoms with E-state index in [1.807, 2.05) is 0 Å². The number of para-hydroxylation sites is 2. The fraction of sp³-hybridized carbons (Fsp3) is 0.125. The van der Waals surface area contributed by atoms with E-state index in [2.05, 4.69) is 5.32 Å². The highest BCUT2D eigenvalue weighted by Gasteiger charge is 2.28. The Morgan fingerprint density at radius 1 is 1.26 bits per heavy atom. The first-order valence-corrected chi connectivity index (χ1v) is 6.93. The first-order chi connectivity index (χ1) is 11.0. The number of rotatable bonds is 2. The molecule has 0 aliphatic carbocycles. The summed E-state index contributed by atoms with van der Waals surface area (Å²) in [6.45, 7) is 1.48. The second kappa shape index (κ2) is 5.53. The molecule has 116 valence electrons. The third-order valence-corrected chi connectivity index (χ3v) is 3.67. The van der Waals surface area contributed by atoms with Crippen LogP contribution in [0.2, 0.25) is 0 Å². The number of aryl methyl sites for hydroxylation is 1. The van der Waals surface area contributed by atoms with Gasteiger partial charge in [0, 0.05) is 17.2 Å². The Morgan fingerprint density at radius 3 is 2.74 bits per heavy atom. The molecule has 2 aromatic rings. The van der Waals surface area contributed by atoms with E-state index in [0.717, 1.165) is 0 Å². The highest BCUT2D eigenvalue weighted by molar-refractivity contribution is 6.15. The predicted molar refractivity (Wildman–Crippen MR) is 84.6 cm³/mol. The van der Waals surface area contributed by atoms with Crippen molar-refractivity contribution in [3.8, 4) is 0 Å². The van der Waals surface area contributed by atoms with Crippen molar-refractivity contribution in [1.82, 2.24) is 0 Å². The number of nitro benzene ring substituents is 1. The molecule has 0 spiro atoms. The molecule has 0 aromatic heterocycles. The summed E-state index contributed by atoms with van der Waals surface area (Å²) in [6.07, 6.45) is 0. The lowest BCUT2D eigenvalue weighted by molar-refractivity contribution is -0.385. The van der Waals surface area contributed by atoms with Crippen molar-refractivity contribution < 1.29 is 14.5 Å². The minimum absolute atomic E-state index is 0.120. The summed E-state index contributed by atoms with van der Waals surface area (Å²) < 4.78 is 0. The predicted octanol–water partition coefficient (Wildman–Crippen LogP) is 2.50. The van der Waals surface area contributed by atoms with Gasteiger partial charge in [-0.25, -0.2) is 0 Å². The first kappa shape index (κ1) is 14.7. The highest BCUT2D eigenvalue weighted by Crippen LogP contribution is 2.30. The molecule has 0 bridgehead atoms. The normalized spacial score (nSPS) is 13.3. The van der Waals surface area contributed by atoms with Crippen LogP contribution in [0.15, 0.2) is 42.5 Å². The molecule has 2 amide bonds. The summed E-state index contributed by atoms with van der Waals surface area (Å²) >= 11 is 0. The van der Waals surface area contributed by atoms with Crippen LogP contribution in [0, 0.1) is 17.0 Å². The van der Waals surface area contributed by atoms with Gasteiger partial charge in [-0.05, 0) is 25.1 Å².